The highest BCUT2D eigenvalue weighted by atomic mass is 32.2. The Hall–Kier alpha value is -1.33. The maximum Gasteiger partial charge on any atom is 0.228 e. The van der Waals surface area contributed by atoms with Crippen LogP contribution in [0.3, 0.4) is 0 Å². The first-order valence-electron chi connectivity index (χ1n) is 7.99. The van der Waals surface area contributed by atoms with Gasteiger partial charge in [0.2, 0.25) is 5.91 Å². The van der Waals surface area contributed by atoms with E-state index in [0.717, 1.165) is 17.9 Å². The minimum absolute atomic E-state index is 0.0447. The van der Waals surface area contributed by atoms with E-state index in [9.17, 15) is 4.79 Å². The van der Waals surface area contributed by atoms with Gasteiger partial charge >= 0.3 is 0 Å². The number of amides is 1. The monoisotopic (exact) mass is 345 g/mol. The summed E-state index contributed by atoms with van der Waals surface area (Å²) >= 11 is 4.00. The summed E-state index contributed by atoms with van der Waals surface area (Å²) in [6.07, 6.45) is 3.84. The molecule has 1 aromatic heterocycles. The lowest BCUT2D eigenvalue weighted by Gasteiger charge is -2.21. The quantitative estimate of drug-likeness (QED) is 0.856. The van der Waals surface area contributed by atoms with Gasteiger partial charge in [0.15, 0.2) is 0 Å². The molecule has 1 aromatic carbocycles. The SMILES string of the molecule is O=C(Nc1cccc(C2SCCCS2)c1)[C@@H]1C[C@@H]1c1ccco1. The van der Waals surface area contributed by atoms with Crippen molar-refractivity contribution in [1.29, 1.82) is 0 Å². The van der Waals surface area contributed by atoms with Crippen LogP contribution in [-0.4, -0.2) is 17.4 Å². The van der Waals surface area contributed by atoms with E-state index in [-0.39, 0.29) is 17.7 Å². The molecule has 2 heterocycles. The predicted molar refractivity (Wildman–Crippen MR) is 96.9 cm³/mol. The molecule has 23 heavy (non-hydrogen) atoms. The summed E-state index contributed by atoms with van der Waals surface area (Å²) in [5, 5.41) is 3.08. The summed E-state index contributed by atoms with van der Waals surface area (Å²) in [7, 11) is 0. The first-order chi connectivity index (χ1) is 11.3. The molecular weight excluding hydrogens is 326 g/mol. The van der Waals surface area contributed by atoms with Gasteiger partial charge in [0.1, 0.15) is 5.76 Å². The van der Waals surface area contributed by atoms with Crippen LogP contribution >= 0.6 is 23.5 Å². The molecule has 1 saturated heterocycles. The van der Waals surface area contributed by atoms with Crippen LogP contribution in [0.1, 0.15) is 34.7 Å². The molecule has 1 aliphatic heterocycles. The average Bonchev–Trinajstić information content (AvgIpc) is 3.22. The Morgan fingerprint density at radius 1 is 1.17 bits per heavy atom. The third-order valence-corrected chi connectivity index (χ3v) is 7.30. The van der Waals surface area contributed by atoms with Gasteiger partial charge in [-0.2, -0.15) is 0 Å². The lowest BCUT2D eigenvalue weighted by Crippen LogP contribution is -2.14. The van der Waals surface area contributed by atoms with E-state index in [0.29, 0.717) is 4.58 Å². The van der Waals surface area contributed by atoms with Gasteiger partial charge in [0, 0.05) is 17.5 Å². The van der Waals surface area contributed by atoms with Gasteiger partial charge < -0.3 is 9.73 Å². The van der Waals surface area contributed by atoms with E-state index >= 15 is 0 Å². The molecule has 0 bridgehead atoms. The number of hydrogen-bond donors (Lipinski definition) is 1. The topological polar surface area (TPSA) is 42.2 Å². The lowest BCUT2D eigenvalue weighted by atomic mass is 10.2. The molecule has 5 heteroatoms. The van der Waals surface area contributed by atoms with E-state index < -0.39 is 0 Å². The van der Waals surface area contributed by atoms with Crippen LogP contribution in [0.25, 0.3) is 0 Å². The molecule has 1 amide bonds. The zero-order chi connectivity index (χ0) is 15.6. The van der Waals surface area contributed by atoms with Gasteiger partial charge in [-0.15, -0.1) is 23.5 Å². The van der Waals surface area contributed by atoms with Gasteiger partial charge in [-0.1, -0.05) is 12.1 Å². The average molecular weight is 345 g/mol. The Bertz CT molecular complexity index is 680. The fourth-order valence-corrected chi connectivity index (χ4v) is 5.85. The third kappa shape index (κ3) is 3.45. The fourth-order valence-electron chi connectivity index (χ4n) is 2.98. The lowest BCUT2D eigenvalue weighted by molar-refractivity contribution is -0.117. The molecule has 3 nitrogen and oxygen atoms in total. The maximum atomic E-state index is 12.4. The molecule has 120 valence electrons. The Kier molecular flexibility index (Phi) is 4.40. The minimum Gasteiger partial charge on any atom is -0.469 e. The fraction of sp³-hybridized carbons (Fsp3) is 0.389. The highest BCUT2D eigenvalue weighted by Crippen LogP contribution is 2.48. The normalized spacial score (nSPS) is 24.3. The van der Waals surface area contributed by atoms with E-state index in [1.54, 1.807) is 6.26 Å². The second kappa shape index (κ2) is 6.65. The second-order valence-corrected chi connectivity index (χ2v) is 8.73. The van der Waals surface area contributed by atoms with E-state index in [2.05, 4.69) is 17.4 Å². The first-order valence-corrected chi connectivity index (χ1v) is 10.1. The van der Waals surface area contributed by atoms with Gasteiger partial charge in [0.25, 0.3) is 0 Å². The van der Waals surface area contributed by atoms with Crippen molar-refractivity contribution in [3.63, 3.8) is 0 Å². The largest absolute Gasteiger partial charge is 0.469 e. The van der Waals surface area contributed by atoms with Crippen molar-refractivity contribution in [3.05, 3.63) is 54.0 Å². The summed E-state index contributed by atoms with van der Waals surface area (Å²) in [6, 6.07) is 12.1. The van der Waals surface area contributed by atoms with Crippen LogP contribution in [0.2, 0.25) is 0 Å². The van der Waals surface area contributed by atoms with Crippen LogP contribution in [-0.2, 0) is 4.79 Å². The Morgan fingerprint density at radius 2 is 2.04 bits per heavy atom. The summed E-state index contributed by atoms with van der Waals surface area (Å²) in [4.78, 5) is 12.4. The number of nitrogens with one attached hydrogen (secondary N) is 1. The van der Waals surface area contributed by atoms with Crippen molar-refractivity contribution in [3.8, 4) is 0 Å². The molecular formula is C18H19NO2S2. The van der Waals surface area contributed by atoms with Crippen LogP contribution in [0.15, 0.2) is 47.1 Å². The number of carbonyl (C=O) groups is 1. The number of rotatable bonds is 4. The third-order valence-electron chi connectivity index (χ3n) is 4.29. The molecule has 2 aromatic rings. The van der Waals surface area contributed by atoms with E-state index in [1.807, 2.05) is 47.8 Å². The van der Waals surface area contributed by atoms with Crippen molar-refractivity contribution < 1.29 is 9.21 Å². The smallest absolute Gasteiger partial charge is 0.228 e. The van der Waals surface area contributed by atoms with Crippen LogP contribution in [0, 0.1) is 5.92 Å². The molecule has 1 aliphatic carbocycles. The summed E-state index contributed by atoms with van der Waals surface area (Å²) in [5.41, 5.74) is 2.21. The maximum absolute atomic E-state index is 12.4. The molecule has 4 rings (SSSR count). The number of carbonyl (C=O) groups excluding carboxylic acids is 1. The standard InChI is InChI=1S/C18H19NO2S2/c20-17(15-11-14(15)16-6-2-7-21-16)19-13-5-1-4-12(10-13)18-22-8-3-9-23-18/h1-2,4-7,10,14-15,18H,3,8-9,11H2,(H,19,20)/t14-,15+/m0/s1. The molecule has 1 saturated carbocycles. The second-order valence-electron chi connectivity index (χ2n) is 6.01. The molecule has 1 N–H and O–H groups in total. The molecule has 2 atom stereocenters. The Balaban J connectivity index is 1.40. The summed E-state index contributed by atoms with van der Waals surface area (Å²) in [6.45, 7) is 0. The van der Waals surface area contributed by atoms with Crippen molar-refractivity contribution in [2.45, 2.75) is 23.3 Å². The molecule has 2 aliphatic rings. The van der Waals surface area contributed by atoms with Gasteiger partial charge in [-0.05, 0) is 54.2 Å². The Labute approximate surface area is 144 Å². The minimum atomic E-state index is 0.0447. The van der Waals surface area contributed by atoms with E-state index in [1.165, 1.54) is 23.5 Å². The molecule has 0 radical (unpaired) electrons. The first kappa shape index (κ1) is 15.2. The number of anilines is 1. The number of hydrogen-bond acceptors (Lipinski definition) is 4. The number of thioether (sulfide) groups is 2. The zero-order valence-electron chi connectivity index (χ0n) is 12.7. The highest BCUT2D eigenvalue weighted by Gasteiger charge is 2.45. The van der Waals surface area contributed by atoms with Crippen molar-refractivity contribution in [2.24, 2.45) is 5.92 Å². The predicted octanol–water partition coefficient (Wildman–Crippen LogP) is 4.89. The summed E-state index contributed by atoms with van der Waals surface area (Å²) in [5.74, 6) is 3.77. The van der Waals surface area contributed by atoms with Crippen LogP contribution in [0.4, 0.5) is 5.69 Å². The van der Waals surface area contributed by atoms with Crippen molar-refractivity contribution >= 4 is 35.1 Å². The molecule has 0 unspecified atom stereocenters. The Morgan fingerprint density at radius 3 is 2.83 bits per heavy atom. The zero-order valence-corrected chi connectivity index (χ0v) is 14.4. The van der Waals surface area contributed by atoms with Crippen molar-refractivity contribution in [1.82, 2.24) is 0 Å². The number of furan rings is 1. The number of benzene rings is 1. The highest BCUT2D eigenvalue weighted by molar-refractivity contribution is 8.16. The van der Waals surface area contributed by atoms with Gasteiger partial charge in [0.05, 0.1) is 10.8 Å². The van der Waals surface area contributed by atoms with Crippen LogP contribution < -0.4 is 5.32 Å². The van der Waals surface area contributed by atoms with Gasteiger partial charge in [-0.25, -0.2) is 0 Å². The van der Waals surface area contributed by atoms with E-state index in [4.69, 9.17) is 4.42 Å². The van der Waals surface area contributed by atoms with Gasteiger partial charge in [-0.3, -0.25) is 4.79 Å². The van der Waals surface area contributed by atoms with Crippen molar-refractivity contribution in [2.75, 3.05) is 16.8 Å². The molecule has 2 fully saturated rings. The molecule has 0 spiro atoms. The summed E-state index contributed by atoms with van der Waals surface area (Å²) < 4.78 is 5.90. The van der Waals surface area contributed by atoms with Crippen LogP contribution in [0.5, 0.6) is 0 Å².